The van der Waals surface area contributed by atoms with Gasteiger partial charge in [-0.1, -0.05) is 23.7 Å². The molecule has 5 heteroatoms. The topological polar surface area (TPSA) is 40.7 Å². The van der Waals surface area contributed by atoms with Crippen LogP contribution in [-0.4, -0.2) is 10.2 Å². The SMILES string of the molecule is CC(NCc1cccc(Cl)c1F)c1cn[nH]c1. The summed E-state index contributed by atoms with van der Waals surface area (Å²) in [5.41, 5.74) is 1.60. The average Bonchev–Trinajstić information content (AvgIpc) is 2.84. The Morgan fingerprint density at radius 3 is 3.06 bits per heavy atom. The van der Waals surface area contributed by atoms with Crippen molar-refractivity contribution in [1.82, 2.24) is 15.5 Å². The molecule has 3 nitrogen and oxygen atoms in total. The molecule has 2 N–H and O–H groups in total. The van der Waals surface area contributed by atoms with E-state index in [-0.39, 0.29) is 16.9 Å². The van der Waals surface area contributed by atoms with E-state index in [9.17, 15) is 4.39 Å². The Hall–Kier alpha value is -1.39. The van der Waals surface area contributed by atoms with E-state index in [2.05, 4.69) is 15.5 Å². The van der Waals surface area contributed by atoms with E-state index in [1.54, 1.807) is 24.4 Å². The third-order valence-corrected chi connectivity index (χ3v) is 2.94. The Bertz CT molecular complexity index is 485. The van der Waals surface area contributed by atoms with Crippen molar-refractivity contribution in [2.24, 2.45) is 0 Å². The van der Waals surface area contributed by atoms with E-state index in [1.807, 2.05) is 13.1 Å². The summed E-state index contributed by atoms with van der Waals surface area (Å²) in [6, 6.07) is 5.10. The summed E-state index contributed by atoms with van der Waals surface area (Å²) in [5, 5.41) is 9.98. The minimum absolute atomic E-state index is 0.104. The molecule has 1 unspecified atom stereocenters. The van der Waals surface area contributed by atoms with Gasteiger partial charge in [0.15, 0.2) is 0 Å². The lowest BCUT2D eigenvalue weighted by Crippen LogP contribution is -2.18. The van der Waals surface area contributed by atoms with Gasteiger partial charge in [0.2, 0.25) is 0 Å². The van der Waals surface area contributed by atoms with Crippen molar-refractivity contribution in [3.8, 4) is 0 Å². The molecule has 2 aromatic rings. The van der Waals surface area contributed by atoms with Crippen LogP contribution in [0.5, 0.6) is 0 Å². The zero-order valence-electron chi connectivity index (χ0n) is 9.37. The lowest BCUT2D eigenvalue weighted by atomic mass is 10.1. The molecule has 0 fully saturated rings. The van der Waals surface area contributed by atoms with Gasteiger partial charge in [0, 0.05) is 29.9 Å². The van der Waals surface area contributed by atoms with Gasteiger partial charge in [-0.3, -0.25) is 5.10 Å². The second-order valence-electron chi connectivity index (χ2n) is 3.85. The van der Waals surface area contributed by atoms with Crippen LogP contribution in [0.15, 0.2) is 30.6 Å². The highest BCUT2D eigenvalue weighted by Gasteiger charge is 2.09. The zero-order chi connectivity index (χ0) is 12.3. The summed E-state index contributed by atoms with van der Waals surface area (Å²) < 4.78 is 13.6. The fourth-order valence-corrected chi connectivity index (χ4v) is 1.76. The first-order valence-corrected chi connectivity index (χ1v) is 5.71. The number of hydrogen-bond donors (Lipinski definition) is 2. The zero-order valence-corrected chi connectivity index (χ0v) is 10.1. The fourth-order valence-electron chi connectivity index (χ4n) is 1.56. The highest BCUT2D eigenvalue weighted by molar-refractivity contribution is 6.30. The van der Waals surface area contributed by atoms with E-state index in [0.717, 1.165) is 5.56 Å². The van der Waals surface area contributed by atoms with Crippen molar-refractivity contribution in [3.05, 3.63) is 52.6 Å². The summed E-state index contributed by atoms with van der Waals surface area (Å²) in [6.45, 7) is 2.42. The molecule has 0 bridgehead atoms. The maximum absolute atomic E-state index is 13.6. The van der Waals surface area contributed by atoms with E-state index >= 15 is 0 Å². The number of aromatic nitrogens is 2. The highest BCUT2D eigenvalue weighted by Crippen LogP contribution is 2.18. The summed E-state index contributed by atoms with van der Waals surface area (Å²) >= 11 is 5.71. The molecule has 90 valence electrons. The van der Waals surface area contributed by atoms with Crippen LogP contribution in [0.3, 0.4) is 0 Å². The monoisotopic (exact) mass is 253 g/mol. The van der Waals surface area contributed by atoms with Crippen LogP contribution in [0.25, 0.3) is 0 Å². The van der Waals surface area contributed by atoms with Crippen molar-refractivity contribution in [2.45, 2.75) is 19.5 Å². The molecule has 0 aliphatic carbocycles. The van der Waals surface area contributed by atoms with Crippen LogP contribution < -0.4 is 5.32 Å². The predicted molar refractivity (Wildman–Crippen MR) is 65.3 cm³/mol. The first kappa shape index (κ1) is 12.1. The molecule has 0 saturated heterocycles. The van der Waals surface area contributed by atoms with Gasteiger partial charge in [-0.2, -0.15) is 5.10 Å². The van der Waals surface area contributed by atoms with Crippen molar-refractivity contribution >= 4 is 11.6 Å². The van der Waals surface area contributed by atoms with Crippen molar-refractivity contribution < 1.29 is 4.39 Å². The van der Waals surface area contributed by atoms with Crippen LogP contribution >= 0.6 is 11.6 Å². The molecule has 0 aliphatic rings. The lowest BCUT2D eigenvalue weighted by Gasteiger charge is -2.12. The maximum atomic E-state index is 13.6. The number of nitrogens with one attached hydrogen (secondary N) is 2. The smallest absolute Gasteiger partial charge is 0.146 e. The molecule has 0 amide bonds. The van der Waals surface area contributed by atoms with Gasteiger partial charge in [-0.25, -0.2) is 4.39 Å². The molecule has 0 aliphatic heterocycles. The standard InChI is InChI=1S/C12H13ClFN3/c1-8(10-6-16-17-7-10)15-5-9-3-2-4-11(13)12(9)14/h2-4,6-8,15H,5H2,1H3,(H,16,17). The molecule has 1 aromatic heterocycles. The summed E-state index contributed by atoms with van der Waals surface area (Å²) in [4.78, 5) is 0. The lowest BCUT2D eigenvalue weighted by molar-refractivity contribution is 0.544. The van der Waals surface area contributed by atoms with E-state index in [4.69, 9.17) is 11.6 Å². The minimum atomic E-state index is -0.360. The van der Waals surface area contributed by atoms with Crippen molar-refractivity contribution in [1.29, 1.82) is 0 Å². The number of hydrogen-bond acceptors (Lipinski definition) is 2. The molecule has 1 aromatic carbocycles. The Morgan fingerprint density at radius 2 is 2.35 bits per heavy atom. The van der Waals surface area contributed by atoms with Crippen LogP contribution in [-0.2, 0) is 6.54 Å². The Morgan fingerprint density at radius 1 is 1.53 bits per heavy atom. The van der Waals surface area contributed by atoms with Crippen LogP contribution in [0.2, 0.25) is 5.02 Å². The first-order valence-electron chi connectivity index (χ1n) is 5.33. The number of rotatable bonds is 4. The molecule has 0 saturated carbocycles. The van der Waals surface area contributed by atoms with Gasteiger partial charge in [0.1, 0.15) is 5.82 Å². The van der Waals surface area contributed by atoms with Crippen LogP contribution in [0, 0.1) is 5.82 Å². The van der Waals surface area contributed by atoms with E-state index in [1.165, 1.54) is 0 Å². The minimum Gasteiger partial charge on any atom is -0.306 e. The van der Waals surface area contributed by atoms with Crippen LogP contribution in [0.1, 0.15) is 24.1 Å². The number of halogens is 2. The maximum Gasteiger partial charge on any atom is 0.146 e. The Balaban J connectivity index is 2.00. The molecule has 2 rings (SSSR count). The van der Waals surface area contributed by atoms with E-state index in [0.29, 0.717) is 12.1 Å². The fraction of sp³-hybridized carbons (Fsp3) is 0.250. The van der Waals surface area contributed by atoms with Crippen molar-refractivity contribution in [2.75, 3.05) is 0 Å². The largest absolute Gasteiger partial charge is 0.306 e. The summed E-state index contributed by atoms with van der Waals surface area (Å²) in [7, 11) is 0. The van der Waals surface area contributed by atoms with Gasteiger partial charge >= 0.3 is 0 Å². The van der Waals surface area contributed by atoms with Gasteiger partial charge in [-0.05, 0) is 13.0 Å². The Kier molecular flexibility index (Phi) is 3.76. The first-order chi connectivity index (χ1) is 8.18. The quantitative estimate of drug-likeness (QED) is 0.879. The molecule has 1 atom stereocenters. The third-order valence-electron chi connectivity index (χ3n) is 2.65. The van der Waals surface area contributed by atoms with Gasteiger partial charge in [0.25, 0.3) is 0 Å². The number of aromatic amines is 1. The molecular formula is C12H13ClFN3. The van der Waals surface area contributed by atoms with E-state index < -0.39 is 0 Å². The van der Waals surface area contributed by atoms with Gasteiger partial charge in [-0.15, -0.1) is 0 Å². The normalized spacial score (nSPS) is 12.6. The average molecular weight is 254 g/mol. The highest BCUT2D eigenvalue weighted by atomic mass is 35.5. The van der Waals surface area contributed by atoms with Crippen molar-refractivity contribution in [3.63, 3.8) is 0 Å². The third kappa shape index (κ3) is 2.84. The second kappa shape index (κ2) is 5.29. The molecule has 0 spiro atoms. The van der Waals surface area contributed by atoms with Crippen LogP contribution in [0.4, 0.5) is 4.39 Å². The second-order valence-corrected chi connectivity index (χ2v) is 4.25. The molecule has 17 heavy (non-hydrogen) atoms. The number of H-pyrrole nitrogens is 1. The van der Waals surface area contributed by atoms with Gasteiger partial charge in [0.05, 0.1) is 11.2 Å². The molecular weight excluding hydrogens is 241 g/mol. The van der Waals surface area contributed by atoms with Gasteiger partial charge < -0.3 is 5.32 Å². The summed E-state index contributed by atoms with van der Waals surface area (Å²) in [5.74, 6) is -0.360. The number of benzene rings is 1. The predicted octanol–water partition coefficient (Wildman–Crippen LogP) is 3.05. The molecule has 0 radical (unpaired) electrons. The Labute approximate surface area is 104 Å². The molecule has 1 heterocycles. The number of nitrogens with zero attached hydrogens (tertiary/aromatic N) is 1. The summed E-state index contributed by atoms with van der Waals surface area (Å²) in [6.07, 6.45) is 3.55.